The minimum absolute atomic E-state index is 0.0243. The van der Waals surface area contributed by atoms with E-state index in [2.05, 4.69) is 10.0 Å². The van der Waals surface area contributed by atoms with Gasteiger partial charge in [0.2, 0.25) is 15.9 Å². The molecule has 0 radical (unpaired) electrons. The van der Waals surface area contributed by atoms with Crippen LogP contribution in [-0.4, -0.2) is 33.7 Å². The van der Waals surface area contributed by atoms with Crippen LogP contribution in [0.1, 0.15) is 31.1 Å². The first-order valence-electron chi connectivity index (χ1n) is 6.43. The van der Waals surface area contributed by atoms with Crippen LogP contribution in [0.2, 0.25) is 0 Å². The number of nitrogens with one attached hydrogen (secondary N) is 2. The molecule has 0 aromatic heterocycles. The molecule has 0 fully saturated rings. The van der Waals surface area contributed by atoms with E-state index in [4.69, 9.17) is 0 Å². The van der Waals surface area contributed by atoms with E-state index >= 15 is 0 Å². The molecule has 1 rings (SSSR count). The number of Topliss-reactive ketones (excluding diaryl/α,β-unsaturated/α-hetero) is 1. The number of amides is 1. The minimum Gasteiger partial charge on any atom is -0.359 e. The van der Waals surface area contributed by atoms with Crippen LogP contribution in [0.4, 0.5) is 0 Å². The Balaban J connectivity index is 2.87. The van der Waals surface area contributed by atoms with Gasteiger partial charge in [-0.05, 0) is 32.9 Å². The highest BCUT2D eigenvalue weighted by molar-refractivity contribution is 7.89. The normalized spacial score (nSPS) is 12.0. The molecule has 6 nitrogen and oxygen atoms in total. The maximum Gasteiger partial charge on any atom is 0.240 e. The van der Waals surface area contributed by atoms with Crippen molar-refractivity contribution < 1.29 is 18.0 Å². The summed E-state index contributed by atoms with van der Waals surface area (Å²) in [5, 5.41) is 2.49. The molecule has 0 bridgehead atoms. The summed E-state index contributed by atoms with van der Waals surface area (Å²) < 4.78 is 26.7. The Labute approximate surface area is 125 Å². The summed E-state index contributed by atoms with van der Waals surface area (Å²) >= 11 is 0. The molecule has 116 valence electrons. The molecule has 0 aliphatic heterocycles. The fourth-order valence-electron chi connectivity index (χ4n) is 1.65. The van der Waals surface area contributed by atoms with Crippen LogP contribution >= 0.6 is 0 Å². The predicted molar refractivity (Wildman–Crippen MR) is 79.5 cm³/mol. The summed E-state index contributed by atoms with van der Waals surface area (Å²) in [6.07, 6.45) is 0. The van der Waals surface area contributed by atoms with Gasteiger partial charge < -0.3 is 5.32 Å². The van der Waals surface area contributed by atoms with Gasteiger partial charge in [-0.2, -0.15) is 0 Å². The Morgan fingerprint density at radius 2 is 1.67 bits per heavy atom. The second-order valence-electron chi connectivity index (χ2n) is 5.37. The molecule has 1 aromatic rings. The second kappa shape index (κ2) is 6.36. The highest BCUT2D eigenvalue weighted by Gasteiger charge is 2.28. The maximum absolute atomic E-state index is 12.1. The molecule has 7 heteroatoms. The number of carbonyl (C=O) groups excluding carboxylic acids is 2. The number of ketones is 1. The zero-order valence-corrected chi connectivity index (χ0v) is 13.4. The summed E-state index contributed by atoms with van der Waals surface area (Å²) in [5.74, 6) is -0.384. The Kier molecular flexibility index (Phi) is 5.25. The third-order valence-electron chi connectivity index (χ3n) is 3.12. The van der Waals surface area contributed by atoms with Crippen LogP contribution in [-0.2, 0) is 14.8 Å². The molecule has 0 saturated carbocycles. The van der Waals surface area contributed by atoms with E-state index in [1.807, 2.05) is 0 Å². The lowest BCUT2D eigenvalue weighted by Gasteiger charge is -2.22. The molecule has 21 heavy (non-hydrogen) atoms. The molecule has 0 aliphatic carbocycles. The molecular formula is C14H20N2O4S. The zero-order valence-electron chi connectivity index (χ0n) is 12.6. The molecule has 1 amide bonds. The van der Waals surface area contributed by atoms with E-state index in [1.165, 1.54) is 38.2 Å². The van der Waals surface area contributed by atoms with E-state index in [0.29, 0.717) is 5.56 Å². The molecule has 1 aromatic carbocycles. The molecular weight excluding hydrogens is 292 g/mol. The maximum atomic E-state index is 12.1. The van der Waals surface area contributed by atoms with Gasteiger partial charge in [-0.15, -0.1) is 0 Å². The molecule has 0 spiro atoms. The van der Waals surface area contributed by atoms with Crippen molar-refractivity contribution >= 4 is 21.7 Å². The lowest BCUT2D eigenvalue weighted by Crippen LogP contribution is -2.43. The Bertz CT molecular complexity index is 633. The van der Waals surface area contributed by atoms with Gasteiger partial charge in [0.25, 0.3) is 0 Å². The molecule has 0 saturated heterocycles. The largest absolute Gasteiger partial charge is 0.359 e. The first-order chi connectivity index (χ1) is 9.60. The number of sulfonamides is 1. The predicted octanol–water partition coefficient (Wildman–Crippen LogP) is 0.940. The monoisotopic (exact) mass is 312 g/mol. The van der Waals surface area contributed by atoms with Crippen LogP contribution in [0.5, 0.6) is 0 Å². The van der Waals surface area contributed by atoms with E-state index in [9.17, 15) is 18.0 Å². The Hall–Kier alpha value is -1.73. The van der Waals surface area contributed by atoms with Gasteiger partial charge in [0, 0.05) is 19.2 Å². The average Bonchev–Trinajstić information content (AvgIpc) is 2.44. The lowest BCUT2D eigenvalue weighted by molar-refractivity contribution is -0.128. The third-order valence-corrected chi connectivity index (χ3v) is 4.53. The standard InChI is InChI=1S/C14H20N2O4S/c1-10(17)11-5-7-12(8-6-11)21(19,20)16-9-14(2,3)13(18)15-4/h5-8,16H,9H2,1-4H3,(H,15,18). The number of hydrogen-bond donors (Lipinski definition) is 2. The van der Waals surface area contributed by atoms with Crippen LogP contribution in [0.15, 0.2) is 29.2 Å². The van der Waals surface area contributed by atoms with E-state index in [0.717, 1.165) is 0 Å². The first-order valence-corrected chi connectivity index (χ1v) is 7.91. The van der Waals surface area contributed by atoms with Crippen LogP contribution in [0.25, 0.3) is 0 Å². The highest BCUT2D eigenvalue weighted by Crippen LogP contribution is 2.16. The highest BCUT2D eigenvalue weighted by atomic mass is 32.2. The van der Waals surface area contributed by atoms with Gasteiger partial charge in [-0.25, -0.2) is 13.1 Å². The van der Waals surface area contributed by atoms with Gasteiger partial charge in [0.1, 0.15) is 0 Å². The van der Waals surface area contributed by atoms with Crippen molar-refractivity contribution in [2.45, 2.75) is 25.7 Å². The summed E-state index contributed by atoms with van der Waals surface area (Å²) in [6, 6.07) is 5.65. The SMILES string of the molecule is CNC(=O)C(C)(C)CNS(=O)(=O)c1ccc(C(C)=O)cc1. The average molecular weight is 312 g/mol. The zero-order chi connectivity index (χ0) is 16.3. The topological polar surface area (TPSA) is 92.3 Å². The van der Waals surface area contributed by atoms with Gasteiger partial charge in [-0.3, -0.25) is 9.59 Å². The Morgan fingerprint density at radius 1 is 1.14 bits per heavy atom. The fourth-order valence-corrected chi connectivity index (χ4v) is 2.86. The van der Waals surface area contributed by atoms with E-state index in [1.54, 1.807) is 13.8 Å². The second-order valence-corrected chi connectivity index (χ2v) is 7.14. The molecule has 0 unspecified atom stereocenters. The van der Waals surface area contributed by atoms with Crippen LogP contribution in [0.3, 0.4) is 0 Å². The third kappa shape index (κ3) is 4.37. The minimum atomic E-state index is -3.72. The quantitative estimate of drug-likeness (QED) is 0.765. The van der Waals surface area contributed by atoms with Crippen molar-refractivity contribution in [2.75, 3.05) is 13.6 Å². The van der Waals surface area contributed by atoms with Gasteiger partial charge in [-0.1, -0.05) is 12.1 Å². The molecule has 2 N–H and O–H groups in total. The van der Waals surface area contributed by atoms with E-state index < -0.39 is 15.4 Å². The lowest BCUT2D eigenvalue weighted by atomic mass is 9.93. The summed E-state index contributed by atoms with van der Waals surface area (Å²) in [4.78, 5) is 22.8. The van der Waals surface area contributed by atoms with Crippen molar-refractivity contribution in [2.24, 2.45) is 5.41 Å². The van der Waals surface area contributed by atoms with Crippen molar-refractivity contribution in [1.29, 1.82) is 0 Å². The summed E-state index contributed by atoms with van der Waals surface area (Å²) in [6.45, 7) is 4.68. The van der Waals surface area contributed by atoms with Crippen molar-refractivity contribution in [1.82, 2.24) is 10.0 Å². The van der Waals surface area contributed by atoms with Crippen LogP contribution in [0, 0.1) is 5.41 Å². The first kappa shape index (κ1) is 17.3. The van der Waals surface area contributed by atoms with Gasteiger partial charge in [0.05, 0.1) is 10.3 Å². The van der Waals surface area contributed by atoms with Crippen molar-refractivity contribution in [3.63, 3.8) is 0 Å². The smallest absolute Gasteiger partial charge is 0.240 e. The van der Waals surface area contributed by atoms with Crippen LogP contribution < -0.4 is 10.0 Å². The van der Waals surface area contributed by atoms with Gasteiger partial charge >= 0.3 is 0 Å². The number of benzene rings is 1. The summed E-state index contributed by atoms with van der Waals surface area (Å²) in [5.41, 5.74) is -0.416. The van der Waals surface area contributed by atoms with Gasteiger partial charge in [0.15, 0.2) is 5.78 Å². The number of carbonyl (C=O) groups is 2. The van der Waals surface area contributed by atoms with E-state index in [-0.39, 0.29) is 23.1 Å². The molecule has 0 heterocycles. The summed E-state index contributed by atoms with van der Waals surface area (Å²) in [7, 11) is -2.22. The number of hydrogen-bond acceptors (Lipinski definition) is 4. The molecule has 0 atom stereocenters. The molecule has 0 aliphatic rings. The Morgan fingerprint density at radius 3 is 2.10 bits per heavy atom. The number of rotatable bonds is 6. The van der Waals surface area contributed by atoms with Crippen molar-refractivity contribution in [3.8, 4) is 0 Å². The van der Waals surface area contributed by atoms with Crippen molar-refractivity contribution in [3.05, 3.63) is 29.8 Å². The fraction of sp³-hybridized carbons (Fsp3) is 0.429.